The minimum Gasteiger partial charge on any atom is -0.356 e. The van der Waals surface area contributed by atoms with Gasteiger partial charge in [-0.05, 0) is 23.7 Å². The average molecular weight is 391 g/mol. The molecule has 6 heteroatoms. The third-order valence-electron chi connectivity index (χ3n) is 4.78. The van der Waals surface area contributed by atoms with Crippen molar-refractivity contribution in [2.75, 3.05) is 26.2 Å². The van der Waals surface area contributed by atoms with Crippen LogP contribution in [0.4, 0.5) is 0 Å². The van der Waals surface area contributed by atoms with E-state index >= 15 is 0 Å². The van der Waals surface area contributed by atoms with Crippen LogP contribution in [0.15, 0.2) is 20.2 Å². The maximum absolute atomic E-state index is 4.88. The van der Waals surface area contributed by atoms with E-state index in [4.69, 9.17) is 9.98 Å². The van der Waals surface area contributed by atoms with Crippen molar-refractivity contribution >= 4 is 11.7 Å². The van der Waals surface area contributed by atoms with E-state index in [1.165, 1.54) is 11.7 Å². The molecule has 2 unspecified atom stereocenters. The van der Waals surface area contributed by atoms with Crippen LogP contribution in [0.2, 0.25) is 0 Å². The zero-order valence-electron chi connectivity index (χ0n) is 19.4. The lowest BCUT2D eigenvalue weighted by Gasteiger charge is -2.23. The average Bonchev–Trinajstić information content (AvgIpc) is 3.07. The standard InChI is InChI=1S/C22H42N6/c1-15(2)9-21-23-19(13-27(21)11-17(5)6)25-26-20-14-28(12-18(7)8)22(24-20)10-16(3)4/h15-20H,9-14H2,1-8H3/b26-25+. The molecule has 0 N–H and O–H groups in total. The molecule has 0 spiro atoms. The Morgan fingerprint density at radius 1 is 0.679 bits per heavy atom. The van der Waals surface area contributed by atoms with Gasteiger partial charge in [0.1, 0.15) is 11.7 Å². The highest BCUT2D eigenvalue weighted by Gasteiger charge is 2.28. The van der Waals surface area contributed by atoms with Gasteiger partial charge in [-0.15, -0.1) is 0 Å². The normalized spacial score (nSPS) is 23.3. The highest BCUT2D eigenvalue weighted by molar-refractivity contribution is 5.84. The van der Waals surface area contributed by atoms with Gasteiger partial charge in [0.15, 0.2) is 12.3 Å². The molecule has 0 radical (unpaired) electrons. The molecule has 2 atom stereocenters. The summed E-state index contributed by atoms with van der Waals surface area (Å²) in [5, 5.41) is 9.22. The third-order valence-corrected chi connectivity index (χ3v) is 4.78. The molecule has 0 amide bonds. The Bertz CT molecular complexity index is 526. The molecule has 160 valence electrons. The zero-order chi connectivity index (χ0) is 20.8. The second-order valence-electron chi connectivity index (χ2n) is 10.1. The predicted molar refractivity (Wildman–Crippen MR) is 119 cm³/mol. The van der Waals surface area contributed by atoms with Crippen molar-refractivity contribution in [2.24, 2.45) is 43.9 Å². The van der Waals surface area contributed by atoms with Gasteiger partial charge in [0.05, 0.1) is 13.1 Å². The second-order valence-corrected chi connectivity index (χ2v) is 10.1. The van der Waals surface area contributed by atoms with Crippen LogP contribution in [-0.4, -0.2) is 60.0 Å². The largest absolute Gasteiger partial charge is 0.356 e. The molecule has 0 saturated heterocycles. The SMILES string of the molecule is CC(C)CC1=NC(/N=N/C2CN(CC(C)C)C(CC(C)C)=N2)CN1CC(C)C. The van der Waals surface area contributed by atoms with Crippen LogP contribution in [0.5, 0.6) is 0 Å². The Kier molecular flexibility index (Phi) is 8.44. The Balaban J connectivity index is 2.03. The first-order valence-corrected chi connectivity index (χ1v) is 11.2. The molecule has 0 aromatic rings. The Labute approximate surface area is 172 Å². The topological polar surface area (TPSA) is 55.9 Å². The number of nitrogens with zero attached hydrogens (tertiary/aromatic N) is 6. The van der Waals surface area contributed by atoms with Crippen molar-refractivity contribution in [1.82, 2.24) is 9.80 Å². The first-order chi connectivity index (χ1) is 13.1. The Morgan fingerprint density at radius 3 is 1.32 bits per heavy atom. The number of hydrogen-bond acceptors (Lipinski definition) is 6. The minimum atomic E-state index is -0.0737. The fraction of sp³-hybridized carbons (Fsp3) is 0.909. The first-order valence-electron chi connectivity index (χ1n) is 11.2. The molecule has 28 heavy (non-hydrogen) atoms. The summed E-state index contributed by atoms with van der Waals surface area (Å²) in [7, 11) is 0. The Morgan fingerprint density at radius 2 is 1.04 bits per heavy atom. The minimum absolute atomic E-state index is 0.0737. The summed E-state index contributed by atoms with van der Waals surface area (Å²) in [4.78, 5) is 14.6. The second kappa shape index (κ2) is 10.4. The highest BCUT2D eigenvalue weighted by atomic mass is 15.4. The van der Waals surface area contributed by atoms with E-state index in [1.54, 1.807) is 0 Å². The van der Waals surface area contributed by atoms with Crippen LogP contribution in [0.1, 0.15) is 68.2 Å². The number of rotatable bonds is 10. The summed E-state index contributed by atoms with van der Waals surface area (Å²) in [5.74, 6) is 4.85. The van der Waals surface area contributed by atoms with Crippen LogP contribution < -0.4 is 0 Å². The summed E-state index contributed by atoms with van der Waals surface area (Å²) < 4.78 is 0. The molecular formula is C22H42N6. The monoisotopic (exact) mass is 390 g/mol. The van der Waals surface area contributed by atoms with Gasteiger partial charge < -0.3 is 9.80 Å². The molecule has 0 aromatic carbocycles. The summed E-state index contributed by atoms with van der Waals surface area (Å²) in [6.07, 6.45) is 1.88. The number of hydrogen-bond donors (Lipinski definition) is 0. The van der Waals surface area contributed by atoms with E-state index in [0.29, 0.717) is 23.7 Å². The zero-order valence-corrected chi connectivity index (χ0v) is 19.4. The lowest BCUT2D eigenvalue weighted by molar-refractivity contribution is 0.352. The lowest BCUT2D eigenvalue weighted by atomic mass is 10.1. The van der Waals surface area contributed by atoms with E-state index in [0.717, 1.165) is 39.0 Å². The van der Waals surface area contributed by atoms with Gasteiger partial charge in [-0.3, -0.25) is 0 Å². The maximum Gasteiger partial charge on any atom is 0.179 e. The van der Waals surface area contributed by atoms with Crippen molar-refractivity contribution < 1.29 is 0 Å². The first kappa shape index (κ1) is 22.8. The predicted octanol–water partition coefficient (Wildman–Crippen LogP) is 4.92. The van der Waals surface area contributed by atoms with Crippen molar-refractivity contribution in [3.8, 4) is 0 Å². The quantitative estimate of drug-likeness (QED) is 0.497. The molecular weight excluding hydrogens is 348 g/mol. The van der Waals surface area contributed by atoms with Gasteiger partial charge >= 0.3 is 0 Å². The number of aliphatic imine (C=N–C) groups is 2. The summed E-state index contributed by atoms with van der Waals surface area (Å²) in [6.45, 7) is 21.8. The van der Waals surface area contributed by atoms with E-state index in [2.05, 4.69) is 75.4 Å². The summed E-state index contributed by atoms with van der Waals surface area (Å²) in [5.41, 5.74) is 0. The van der Waals surface area contributed by atoms with Gasteiger partial charge in [-0.1, -0.05) is 55.4 Å². The molecule has 2 heterocycles. The number of amidine groups is 2. The maximum atomic E-state index is 4.88. The fourth-order valence-corrected chi connectivity index (χ4v) is 3.81. The molecule has 2 aliphatic rings. The smallest absolute Gasteiger partial charge is 0.179 e. The van der Waals surface area contributed by atoms with E-state index in [9.17, 15) is 0 Å². The van der Waals surface area contributed by atoms with Crippen LogP contribution >= 0.6 is 0 Å². The van der Waals surface area contributed by atoms with Gasteiger partial charge in [0, 0.05) is 25.9 Å². The van der Waals surface area contributed by atoms with Crippen LogP contribution in [0, 0.1) is 23.7 Å². The van der Waals surface area contributed by atoms with Crippen molar-refractivity contribution in [3.63, 3.8) is 0 Å². The molecule has 0 aromatic heterocycles. The third kappa shape index (κ3) is 7.17. The van der Waals surface area contributed by atoms with Gasteiger partial charge in [-0.25, -0.2) is 9.98 Å². The molecule has 0 bridgehead atoms. The molecule has 0 fully saturated rings. The van der Waals surface area contributed by atoms with Crippen molar-refractivity contribution in [2.45, 2.75) is 80.6 Å². The highest BCUT2D eigenvalue weighted by Crippen LogP contribution is 2.21. The summed E-state index contributed by atoms with van der Waals surface area (Å²) in [6, 6.07) is 0. The van der Waals surface area contributed by atoms with E-state index in [1.807, 2.05) is 0 Å². The lowest BCUT2D eigenvalue weighted by Crippen LogP contribution is -2.33. The number of azo groups is 1. The van der Waals surface area contributed by atoms with E-state index < -0.39 is 0 Å². The molecule has 0 aliphatic carbocycles. The van der Waals surface area contributed by atoms with Crippen LogP contribution in [0.25, 0.3) is 0 Å². The van der Waals surface area contributed by atoms with Crippen molar-refractivity contribution in [3.05, 3.63) is 0 Å². The van der Waals surface area contributed by atoms with Gasteiger partial charge in [0.25, 0.3) is 0 Å². The summed E-state index contributed by atoms with van der Waals surface area (Å²) >= 11 is 0. The molecule has 2 rings (SSSR count). The van der Waals surface area contributed by atoms with Crippen LogP contribution in [-0.2, 0) is 0 Å². The van der Waals surface area contributed by atoms with Crippen molar-refractivity contribution in [1.29, 1.82) is 0 Å². The molecule has 2 aliphatic heterocycles. The molecule has 0 saturated carbocycles. The fourth-order valence-electron chi connectivity index (χ4n) is 3.81. The van der Waals surface area contributed by atoms with Gasteiger partial charge in [-0.2, -0.15) is 10.2 Å². The van der Waals surface area contributed by atoms with Crippen LogP contribution in [0.3, 0.4) is 0 Å². The van der Waals surface area contributed by atoms with Gasteiger partial charge in [0.2, 0.25) is 0 Å². The van der Waals surface area contributed by atoms with E-state index in [-0.39, 0.29) is 12.3 Å². The Hall–Kier alpha value is -1.46. The molecule has 6 nitrogen and oxygen atoms in total.